The minimum absolute atomic E-state index is 0.203. The predicted octanol–water partition coefficient (Wildman–Crippen LogP) is 7.11. The van der Waals surface area contributed by atoms with Crippen LogP contribution in [0.2, 0.25) is 5.02 Å². The van der Waals surface area contributed by atoms with Gasteiger partial charge in [0.2, 0.25) is 0 Å². The Morgan fingerprint density at radius 1 is 0.875 bits per heavy atom. The topological polar surface area (TPSA) is 65.5 Å². The number of rotatable bonds is 11. The summed E-state index contributed by atoms with van der Waals surface area (Å²) in [5.41, 5.74) is 7.55. The van der Waals surface area contributed by atoms with Crippen LogP contribution >= 0.6 is 11.6 Å². The molecule has 4 aromatic rings. The van der Waals surface area contributed by atoms with Crippen molar-refractivity contribution in [3.63, 3.8) is 0 Å². The molecule has 252 valence electrons. The molecule has 8 heteroatoms. The highest BCUT2D eigenvalue weighted by Crippen LogP contribution is 2.36. The van der Waals surface area contributed by atoms with Crippen LogP contribution in [0.15, 0.2) is 109 Å². The van der Waals surface area contributed by atoms with Crippen molar-refractivity contribution in [1.82, 2.24) is 14.7 Å². The lowest BCUT2D eigenvalue weighted by atomic mass is 9.93. The van der Waals surface area contributed by atoms with Gasteiger partial charge in [-0.15, -0.1) is 0 Å². The first-order valence-electron chi connectivity index (χ1n) is 16.6. The van der Waals surface area contributed by atoms with E-state index in [4.69, 9.17) is 26.2 Å². The van der Waals surface area contributed by atoms with E-state index in [1.807, 2.05) is 24.3 Å². The maximum Gasteiger partial charge on any atom is 0.329 e. The number of halogens is 1. The van der Waals surface area contributed by atoms with E-state index in [9.17, 15) is 4.79 Å². The van der Waals surface area contributed by atoms with E-state index in [2.05, 4.69) is 114 Å². The van der Waals surface area contributed by atoms with Crippen molar-refractivity contribution >= 4 is 23.1 Å². The van der Waals surface area contributed by atoms with E-state index >= 15 is 0 Å². The summed E-state index contributed by atoms with van der Waals surface area (Å²) in [5.74, 6) is 0.0540. The minimum atomic E-state index is -0.923. The van der Waals surface area contributed by atoms with Crippen molar-refractivity contribution in [1.29, 1.82) is 0 Å². The van der Waals surface area contributed by atoms with Crippen LogP contribution in [-0.2, 0) is 16.1 Å². The molecule has 7 nitrogen and oxygen atoms in total. The van der Waals surface area contributed by atoms with E-state index in [1.165, 1.54) is 33.4 Å². The van der Waals surface area contributed by atoms with Gasteiger partial charge in [-0.25, -0.2) is 4.79 Å². The van der Waals surface area contributed by atoms with Crippen LogP contribution in [0.3, 0.4) is 0 Å². The molecule has 0 spiro atoms. The quantitative estimate of drug-likeness (QED) is 0.171. The maximum absolute atomic E-state index is 10.5. The molecule has 1 atom stereocenters. The molecule has 0 bridgehead atoms. The Balaban J connectivity index is 0.000000194. The average Bonchev–Trinajstić information content (AvgIpc) is 3.26. The fourth-order valence-electron chi connectivity index (χ4n) is 6.20. The summed E-state index contributed by atoms with van der Waals surface area (Å²) >= 11 is 6.08. The molecule has 2 heterocycles. The van der Waals surface area contributed by atoms with E-state index in [0.29, 0.717) is 13.2 Å². The monoisotopic (exact) mass is 667 g/mol. The third-order valence-electron chi connectivity index (χ3n) is 8.64. The standard InChI is InChI=1S/C21H25ClN2O3.C19H21NO/c22-19-8-6-18(7-9-19)21(17-4-2-1-3-5-17)24-12-10-23(11-13-24)14-15-27-16-20(25)26;1-20(2)13-7-11-17-16-9-4-3-8-15(16)14-21-19-12-6-5-10-18(17)19/h1-9,21H,10-16H2,(H,25,26);3-6,8-12H,7,13-14H2,1-2H3. The Morgan fingerprint density at radius 2 is 1.52 bits per heavy atom. The van der Waals surface area contributed by atoms with Crippen LogP contribution in [0.1, 0.15) is 40.3 Å². The van der Waals surface area contributed by atoms with E-state index in [-0.39, 0.29) is 12.6 Å². The lowest BCUT2D eigenvalue weighted by molar-refractivity contribution is -0.142. The van der Waals surface area contributed by atoms with Gasteiger partial charge in [-0.3, -0.25) is 9.80 Å². The molecule has 0 radical (unpaired) electrons. The molecule has 0 aromatic heterocycles. The normalized spacial score (nSPS) is 16.2. The highest BCUT2D eigenvalue weighted by Gasteiger charge is 2.26. The Morgan fingerprint density at radius 3 is 2.23 bits per heavy atom. The second-order valence-electron chi connectivity index (χ2n) is 12.3. The zero-order chi connectivity index (χ0) is 33.7. The summed E-state index contributed by atoms with van der Waals surface area (Å²) in [5, 5.41) is 9.37. The Bertz CT molecular complexity index is 1570. The molecule has 4 aromatic carbocycles. The lowest BCUT2D eigenvalue weighted by Gasteiger charge is -2.39. The minimum Gasteiger partial charge on any atom is -0.488 e. The molecular formula is C40H46ClN3O4. The zero-order valence-corrected chi connectivity index (χ0v) is 28.7. The summed E-state index contributed by atoms with van der Waals surface area (Å²) in [6.45, 7) is 6.44. The molecule has 0 aliphatic carbocycles. The molecular weight excluding hydrogens is 622 g/mol. The van der Waals surface area contributed by atoms with Crippen LogP contribution in [-0.4, -0.2) is 92.4 Å². The summed E-state index contributed by atoms with van der Waals surface area (Å²) in [7, 11) is 4.22. The summed E-state index contributed by atoms with van der Waals surface area (Å²) in [4.78, 5) is 17.5. The number of carbonyl (C=O) groups is 1. The van der Waals surface area contributed by atoms with Crippen molar-refractivity contribution in [3.05, 3.63) is 142 Å². The van der Waals surface area contributed by atoms with Crippen LogP contribution in [0.25, 0.3) is 5.57 Å². The Hall–Kier alpha value is -3.98. The first-order chi connectivity index (χ1) is 23.4. The molecule has 2 aliphatic heterocycles. The number of carboxylic acids is 1. The Labute approximate surface area is 290 Å². The number of carboxylic acid groups (broad SMARTS) is 1. The summed E-state index contributed by atoms with van der Waals surface area (Å²) in [6, 6.07) is 35.7. The van der Waals surface area contributed by atoms with E-state index in [1.54, 1.807) is 0 Å². The zero-order valence-electron chi connectivity index (χ0n) is 27.9. The van der Waals surface area contributed by atoms with E-state index in [0.717, 1.165) is 56.5 Å². The molecule has 6 rings (SSSR count). The number of hydrogen-bond donors (Lipinski definition) is 1. The van der Waals surface area contributed by atoms with Crippen LogP contribution < -0.4 is 4.74 Å². The highest BCUT2D eigenvalue weighted by atomic mass is 35.5. The molecule has 48 heavy (non-hydrogen) atoms. The molecule has 0 saturated carbocycles. The van der Waals surface area contributed by atoms with Crippen molar-refractivity contribution in [2.75, 3.05) is 66.6 Å². The van der Waals surface area contributed by atoms with Crippen LogP contribution in [0.5, 0.6) is 5.75 Å². The van der Waals surface area contributed by atoms with Crippen molar-refractivity contribution in [3.8, 4) is 5.75 Å². The first kappa shape index (κ1) is 35.3. The van der Waals surface area contributed by atoms with Gasteiger partial charge in [0, 0.05) is 49.9 Å². The Kier molecular flexibility index (Phi) is 13.2. The van der Waals surface area contributed by atoms with E-state index < -0.39 is 5.97 Å². The SMILES string of the molecule is CN(C)CCC=C1c2ccccc2COc2ccccc21.O=C(O)COCCN1CCN(C(c2ccccc2)c2ccc(Cl)cc2)CC1. The smallest absolute Gasteiger partial charge is 0.329 e. The van der Waals surface area contributed by atoms with Crippen molar-refractivity contribution in [2.24, 2.45) is 0 Å². The van der Waals surface area contributed by atoms with Crippen LogP contribution in [0, 0.1) is 0 Å². The lowest BCUT2D eigenvalue weighted by Crippen LogP contribution is -2.48. The number of para-hydroxylation sites is 1. The van der Waals surface area contributed by atoms with Crippen molar-refractivity contribution in [2.45, 2.75) is 19.1 Å². The molecule has 1 unspecified atom stereocenters. The van der Waals surface area contributed by atoms with Gasteiger partial charge >= 0.3 is 5.97 Å². The molecule has 1 fully saturated rings. The fraction of sp³-hybridized carbons (Fsp3) is 0.325. The number of benzene rings is 4. The van der Waals surface area contributed by atoms with Gasteiger partial charge < -0.3 is 19.5 Å². The molecule has 0 amide bonds. The van der Waals surface area contributed by atoms with Crippen LogP contribution in [0.4, 0.5) is 0 Å². The van der Waals surface area contributed by atoms with Gasteiger partial charge in [0.15, 0.2) is 0 Å². The first-order valence-corrected chi connectivity index (χ1v) is 17.0. The van der Waals surface area contributed by atoms with Gasteiger partial charge in [0.1, 0.15) is 19.0 Å². The second-order valence-corrected chi connectivity index (χ2v) is 12.8. The van der Waals surface area contributed by atoms with Gasteiger partial charge in [0.25, 0.3) is 0 Å². The van der Waals surface area contributed by atoms with Gasteiger partial charge in [-0.2, -0.15) is 0 Å². The molecule has 2 aliphatic rings. The van der Waals surface area contributed by atoms with Gasteiger partial charge in [-0.1, -0.05) is 103 Å². The van der Waals surface area contributed by atoms with Gasteiger partial charge in [-0.05, 0) is 66.5 Å². The maximum atomic E-state index is 10.5. The number of nitrogens with zero attached hydrogens (tertiary/aromatic N) is 3. The predicted molar refractivity (Wildman–Crippen MR) is 194 cm³/mol. The number of aliphatic carboxylic acids is 1. The number of ether oxygens (including phenoxy) is 2. The van der Waals surface area contributed by atoms with Crippen molar-refractivity contribution < 1.29 is 19.4 Å². The number of fused-ring (bicyclic) bond motifs is 2. The molecule has 1 N–H and O–H groups in total. The third kappa shape index (κ3) is 10.0. The summed E-state index contributed by atoms with van der Waals surface area (Å²) < 4.78 is 11.1. The average molecular weight is 668 g/mol. The molecule has 1 saturated heterocycles. The number of hydrogen-bond acceptors (Lipinski definition) is 6. The fourth-order valence-corrected chi connectivity index (χ4v) is 6.33. The number of piperazine rings is 1. The largest absolute Gasteiger partial charge is 0.488 e. The third-order valence-corrected chi connectivity index (χ3v) is 8.90. The highest BCUT2D eigenvalue weighted by molar-refractivity contribution is 6.30. The summed E-state index contributed by atoms with van der Waals surface area (Å²) in [6.07, 6.45) is 3.37. The second kappa shape index (κ2) is 18.0. The van der Waals surface area contributed by atoms with Gasteiger partial charge in [0.05, 0.1) is 12.6 Å².